The monoisotopic (exact) mass is 209 g/mol. The van der Waals surface area contributed by atoms with Crippen molar-refractivity contribution in [3.05, 3.63) is 29.8 Å². The summed E-state index contributed by atoms with van der Waals surface area (Å²) >= 11 is 0. The SMILES string of the molecule is Cc1ccccc1NC(=O)COCCO. The zero-order chi connectivity index (χ0) is 11.1. The molecule has 0 saturated heterocycles. The van der Waals surface area contributed by atoms with Crippen LogP contribution in [0, 0.1) is 6.92 Å². The molecule has 0 saturated carbocycles. The number of nitrogens with one attached hydrogen (secondary N) is 1. The van der Waals surface area contributed by atoms with Crippen LogP contribution in [0.3, 0.4) is 0 Å². The number of aliphatic hydroxyl groups is 1. The minimum Gasteiger partial charge on any atom is -0.394 e. The molecule has 0 atom stereocenters. The summed E-state index contributed by atoms with van der Waals surface area (Å²) in [6.45, 7) is 2.00. The predicted molar refractivity (Wildman–Crippen MR) is 57.7 cm³/mol. The minimum absolute atomic E-state index is 0.0328. The Kier molecular flexibility index (Phi) is 4.80. The van der Waals surface area contributed by atoms with Gasteiger partial charge >= 0.3 is 0 Å². The molecule has 0 aliphatic rings. The van der Waals surface area contributed by atoms with E-state index in [9.17, 15) is 4.79 Å². The van der Waals surface area contributed by atoms with Crippen molar-refractivity contribution in [2.45, 2.75) is 6.92 Å². The molecular formula is C11H15NO3. The average molecular weight is 209 g/mol. The highest BCUT2D eigenvalue weighted by Crippen LogP contribution is 2.12. The van der Waals surface area contributed by atoms with Gasteiger partial charge in [-0.15, -0.1) is 0 Å². The number of rotatable bonds is 5. The normalized spacial score (nSPS) is 10.0. The Morgan fingerprint density at radius 2 is 2.20 bits per heavy atom. The molecule has 1 amide bonds. The van der Waals surface area contributed by atoms with Crippen LogP contribution in [-0.2, 0) is 9.53 Å². The molecule has 0 unspecified atom stereocenters. The zero-order valence-electron chi connectivity index (χ0n) is 8.69. The predicted octanol–water partition coefficient (Wildman–Crippen LogP) is 0.942. The van der Waals surface area contributed by atoms with E-state index in [1.165, 1.54) is 0 Å². The van der Waals surface area contributed by atoms with Crippen LogP contribution < -0.4 is 5.32 Å². The lowest BCUT2D eigenvalue weighted by atomic mass is 10.2. The third kappa shape index (κ3) is 4.10. The highest BCUT2D eigenvalue weighted by Gasteiger charge is 2.03. The van der Waals surface area contributed by atoms with Gasteiger partial charge in [0.05, 0.1) is 13.2 Å². The molecule has 1 aromatic rings. The number of aryl methyl sites for hydroxylation is 1. The number of amides is 1. The van der Waals surface area contributed by atoms with Gasteiger partial charge in [-0.05, 0) is 18.6 Å². The third-order valence-corrected chi connectivity index (χ3v) is 1.89. The van der Waals surface area contributed by atoms with Gasteiger partial charge in [-0.1, -0.05) is 18.2 Å². The average Bonchev–Trinajstić information content (AvgIpc) is 2.22. The Labute approximate surface area is 88.9 Å². The molecule has 1 rings (SSSR count). The fourth-order valence-electron chi connectivity index (χ4n) is 1.13. The minimum atomic E-state index is -0.210. The van der Waals surface area contributed by atoms with Gasteiger partial charge in [-0.2, -0.15) is 0 Å². The van der Waals surface area contributed by atoms with Gasteiger partial charge in [0.15, 0.2) is 0 Å². The molecule has 2 N–H and O–H groups in total. The molecule has 0 radical (unpaired) electrons. The first-order valence-electron chi connectivity index (χ1n) is 4.78. The molecule has 1 aromatic carbocycles. The molecule has 0 fully saturated rings. The summed E-state index contributed by atoms with van der Waals surface area (Å²) in [5.74, 6) is -0.210. The largest absolute Gasteiger partial charge is 0.394 e. The maximum Gasteiger partial charge on any atom is 0.250 e. The summed E-state index contributed by atoms with van der Waals surface area (Å²) < 4.78 is 4.89. The van der Waals surface area contributed by atoms with E-state index in [0.717, 1.165) is 11.3 Å². The Balaban J connectivity index is 2.41. The number of ether oxygens (including phenoxy) is 1. The first kappa shape index (κ1) is 11.7. The second-order valence-corrected chi connectivity index (χ2v) is 3.14. The number of carbonyl (C=O) groups is 1. The van der Waals surface area contributed by atoms with E-state index in [0.29, 0.717) is 0 Å². The van der Waals surface area contributed by atoms with E-state index in [1.54, 1.807) is 0 Å². The van der Waals surface area contributed by atoms with Gasteiger partial charge < -0.3 is 15.2 Å². The molecule has 0 aliphatic carbocycles. The molecule has 0 aromatic heterocycles. The Morgan fingerprint density at radius 3 is 2.87 bits per heavy atom. The van der Waals surface area contributed by atoms with Crippen molar-refractivity contribution in [3.63, 3.8) is 0 Å². The number of aliphatic hydroxyl groups excluding tert-OH is 1. The van der Waals surface area contributed by atoms with Crippen LogP contribution in [-0.4, -0.2) is 30.8 Å². The quantitative estimate of drug-likeness (QED) is 0.710. The molecule has 0 aliphatic heterocycles. The van der Waals surface area contributed by atoms with Crippen molar-refractivity contribution in [1.29, 1.82) is 0 Å². The molecule has 0 spiro atoms. The van der Waals surface area contributed by atoms with Gasteiger partial charge in [-0.25, -0.2) is 0 Å². The Bertz CT molecular complexity index is 325. The molecule has 15 heavy (non-hydrogen) atoms. The molecule has 4 heteroatoms. The number of para-hydroxylation sites is 1. The van der Waals surface area contributed by atoms with Crippen molar-refractivity contribution in [1.82, 2.24) is 0 Å². The third-order valence-electron chi connectivity index (χ3n) is 1.89. The number of benzene rings is 1. The maximum atomic E-state index is 11.3. The van der Waals surface area contributed by atoms with E-state index in [1.807, 2.05) is 31.2 Å². The van der Waals surface area contributed by atoms with E-state index >= 15 is 0 Å². The molecule has 82 valence electrons. The highest BCUT2D eigenvalue weighted by molar-refractivity contribution is 5.92. The highest BCUT2D eigenvalue weighted by atomic mass is 16.5. The number of hydrogen-bond donors (Lipinski definition) is 2. The second-order valence-electron chi connectivity index (χ2n) is 3.14. The fraction of sp³-hybridized carbons (Fsp3) is 0.364. The summed E-state index contributed by atoms with van der Waals surface area (Å²) in [6, 6.07) is 7.52. The number of anilines is 1. The lowest BCUT2D eigenvalue weighted by molar-refractivity contribution is -0.120. The van der Waals surface area contributed by atoms with Crippen LogP contribution in [0.1, 0.15) is 5.56 Å². The van der Waals surface area contributed by atoms with Gasteiger partial charge in [0.25, 0.3) is 0 Å². The first-order chi connectivity index (χ1) is 7.24. The first-order valence-corrected chi connectivity index (χ1v) is 4.78. The lowest BCUT2D eigenvalue weighted by Gasteiger charge is -2.07. The van der Waals surface area contributed by atoms with Gasteiger partial charge in [0.1, 0.15) is 6.61 Å². The number of carbonyl (C=O) groups excluding carboxylic acids is 1. The van der Waals surface area contributed by atoms with Crippen LogP contribution in [0.15, 0.2) is 24.3 Å². The summed E-state index contributed by atoms with van der Waals surface area (Å²) in [5, 5.41) is 11.2. The van der Waals surface area contributed by atoms with Crippen LogP contribution in [0.25, 0.3) is 0 Å². The van der Waals surface area contributed by atoms with Crippen LogP contribution >= 0.6 is 0 Å². The van der Waals surface area contributed by atoms with E-state index in [-0.39, 0.29) is 25.7 Å². The summed E-state index contributed by atoms with van der Waals surface area (Å²) in [7, 11) is 0. The van der Waals surface area contributed by atoms with Crippen molar-refractivity contribution >= 4 is 11.6 Å². The Hall–Kier alpha value is -1.39. The second kappa shape index (κ2) is 6.16. The molecule has 0 bridgehead atoms. The molecular weight excluding hydrogens is 194 g/mol. The fourth-order valence-corrected chi connectivity index (χ4v) is 1.13. The van der Waals surface area contributed by atoms with E-state index < -0.39 is 0 Å². The van der Waals surface area contributed by atoms with Crippen molar-refractivity contribution < 1.29 is 14.6 Å². The topological polar surface area (TPSA) is 58.6 Å². The summed E-state index contributed by atoms with van der Waals surface area (Å²) in [5.41, 5.74) is 1.79. The smallest absolute Gasteiger partial charge is 0.250 e. The van der Waals surface area contributed by atoms with Gasteiger partial charge in [-0.3, -0.25) is 4.79 Å². The van der Waals surface area contributed by atoms with Crippen LogP contribution in [0.5, 0.6) is 0 Å². The standard InChI is InChI=1S/C11H15NO3/c1-9-4-2-3-5-10(9)12-11(14)8-15-7-6-13/h2-5,13H,6-8H2,1H3,(H,12,14). The van der Waals surface area contributed by atoms with Crippen LogP contribution in [0.2, 0.25) is 0 Å². The number of hydrogen-bond acceptors (Lipinski definition) is 3. The van der Waals surface area contributed by atoms with E-state index in [2.05, 4.69) is 5.32 Å². The van der Waals surface area contributed by atoms with Crippen LogP contribution in [0.4, 0.5) is 5.69 Å². The van der Waals surface area contributed by atoms with Crippen molar-refractivity contribution in [3.8, 4) is 0 Å². The maximum absolute atomic E-state index is 11.3. The molecule has 0 heterocycles. The lowest BCUT2D eigenvalue weighted by Crippen LogP contribution is -2.19. The molecule has 4 nitrogen and oxygen atoms in total. The zero-order valence-corrected chi connectivity index (χ0v) is 8.69. The summed E-state index contributed by atoms with van der Waals surface area (Å²) in [6.07, 6.45) is 0. The van der Waals surface area contributed by atoms with Gasteiger partial charge in [0, 0.05) is 5.69 Å². The Morgan fingerprint density at radius 1 is 1.47 bits per heavy atom. The van der Waals surface area contributed by atoms with Crippen molar-refractivity contribution in [2.24, 2.45) is 0 Å². The van der Waals surface area contributed by atoms with E-state index in [4.69, 9.17) is 9.84 Å². The van der Waals surface area contributed by atoms with Crippen molar-refractivity contribution in [2.75, 3.05) is 25.1 Å². The summed E-state index contributed by atoms with van der Waals surface area (Å²) in [4.78, 5) is 11.3. The van der Waals surface area contributed by atoms with Gasteiger partial charge in [0.2, 0.25) is 5.91 Å².